The lowest BCUT2D eigenvalue weighted by molar-refractivity contribution is -0.172. The number of esters is 1. The first-order chi connectivity index (χ1) is 22.4. The van der Waals surface area contributed by atoms with Crippen molar-refractivity contribution in [2.45, 2.75) is 75.8 Å². The predicted octanol–water partition coefficient (Wildman–Crippen LogP) is 4.96. The third-order valence-corrected chi connectivity index (χ3v) is 10.2. The van der Waals surface area contributed by atoms with Crippen molar-refractivity contribution >= 4 is 28.6 Å². The summed E-state index contributed by atoms with van der Waals surface area (Å²) in [7, 11) is 0. The second-order valence-corrected chi connectivity index (χ2v) is 13.7. The summed E-state index contributed by atoms with van der Waals surface area (Å²) >= 11 is 0. The van der Waals surface area contributed by atoms with E-state index in [-0.39, 0.29) is 40.1 Å². The molecule has 1 aliphatic carbocycles. The van der Waals surface area contributed by atoms with Gasteiger partial charge in [-0.3, -0.25) is 4.79 Å². The Morgan fingerprint density at radius 1 is 1.04 bits per heavy atom. The second-order valence-electron chi connectivity index (χ2n) is 13.7. The number of anilines is 2. The first-order valence-electron chi connectivity index (χ1n) is 16.0. The number of phenolic OH excluding ortho intramolecular Hbond substituents is 1. The van der Waals surface area contributed by atoms with Crippen LogP contribution in [-0.2, 0) is 20.7 Å². The molecular formula is C36H36N4O7. The third-order valence-electron chi connectivity index (χ3n) is 10.2. The van der Waals surface area contributed by atoms with Crippen LogP contribution in [0.15, 0.2) is 64.0 Å². The molecule has 0 radical (unpaired) electrons. The van der Waals surface area contributed by atoms with Gasteiger partial charge < -0.3 is 35.2 Å². The Morgan fingerprint density at radius 2 is 1.87 bits per heavy atom. The van der Waals surface area contributed by atoms with E-state index in [0.29, 0.717) is 53.7 Å². The van der Waals surface area contributed by atoms with Gasteiger partial charge in [-0.1, -0.05) is 12.2 Å². The van der Waals surface area contributed by atoms with E-state index in [2.05, 4.69) is 22.1 Å². The minimum absolute atomic E-state index is 0.0698. The number of aromatic nitrogens is 2. The first-order valence-corrected chi connectivity index (χ1v) is 16.0. The van der Waals surface area contributed by atoms with Crippen LogP contribution in [0.25, 0.3) is 22.2 Å². The molecule has 0 unspecified atom stereocenters. The molecule has 2 saturated heterocycles. The molecule has 7 heterocycles. The summed E-state index contributed by atoms with van der Waals surface area (Å²) in [6, 6.07) is 10.4. The molecule has 242 valence electrons. The summed E-state index contributed by atoms with van der Waals surface area (Å²) in [4.78, 5) is 35.8. The zero-order valence-corrected chi connectivity index (χ0v) is 26.4. The first kappa shape index (κ1) is 29.5. The highest BCUT2D eigenvalue weighted by molar-refractivity contribution is 5.88. The van der Waals surface area contributed by atoms with Crippen LogP contribution in [0, 0.1) is 18.8 Å². The van der Waals surface area contributed by atoms with Crippen LogP contribution < -0.4 is 21.6 Å². The van der Waals surface area contributed by atoms with Crippen molar-refractivity contribution < 1.29 is 28.5 Å². The van der Waals surface area contributed by atoms with E-state index in [4.69, 9.17) is 30.1 Å². The van der Waals surface area contributed by atoms with Gasteiger partial charge in [0.1, 0.15) is 51.6 Å². The Morgan fingerprint density at radius 3 is 2.64 bits per heavy atom. The quantitative estimate of drug-likeness (QED) is 0.157. The number of aromatic hydroxyl groups is 1. The zero-order chi connectivity index (χ0) is 32.8. The van der Waals surface area contributed by atoms with Crippen molar-refractivity contribution in [3.63, 3.8) is 0 Å². The van der Waals surface area contributed by atoms with Crippen molar-refractivity contribution in [2.24, 2.45) is 11.8 Å². The lowest BCUT2D eigenvalue weighted by Crippen LogP contribution is -2.53. The largest absolute Gasteiger partial charge is 0.507 e. The molecule has 5 N–H and O–H groups in total. The fraction of sp³-hybridized carbons (Fsp3) is 0.389. The molecule has 2 fully saturated rings. The van der Waals surface area contributed by atoms with Gasteiger partial charge in [0, 0.05) is 41.3 Å². The molecule has 4 aliphatic heterocycles. The molecule has 6 atom stereocenters. The highest BCUT2D eigenvalue weighted by Gasteiger charge is 2.69. The number of nitrogens with zero attached hydrogens (tertiary/aromatic N) is 2. The minimum atomic E-state index is -1.13. The van der Waals surface area contributed by atoms with Crippen molar-refractivity contribution in [3.05, 3.63) is 81.9 Å². The fourth-order valence-corrected chi connectivity index (χ4v) is 8.05. The van der Waals surface area contributed by atoms with Crippen LogP contribution in [0.3, 0.4) is 0 Å². The Hall–Kier alpha value is -4.90. The molecule has 11 nitrogen and oxygen atoms in total. The summed E-state index contributed by atoms with van der Waals surface area (Å²) in [5.41, 5.74) is 12.8. The number of aryl methyl sites for hydroxylation is 2. The molecule has 5 aliphatic rings. The van der Waals surface area contributed by atoms with E-state index in [0.717, 1.165) is 17.5 Å². The lowest BCUT2D eigenvalue weighted by Gasteiger charge is -2.46. The number of fused-ring (bicyclic) bond motifs is 4. The number of hydrogen-bond donors (Lipinski definition) is 3. The maximum Gasteiger partial charge on any atom is 0.342 e. The van der Waals surface area contributed by atoms with Gasteiger partial charge >= 0.3 is 5.97 Å². The van der Waals surface area contributed by atoms with Gasteiger partial charge in [0.15, 0.2) is 11.0 Å². The van der Waals surface area contributed by atoms with Crippen LogP contribution in [0.1, 0.15) is 55.9 Å². The SMILES string of the molecule is Cc1cc(=O)c2c(O)c3c(cc2o1)OC(C)(C)[C@@H]1OC(=O)[C@@]2(O[C@@H]2CCc2cc(N)nc(-c4ccnc(N)c4)c2)[C@@H]2C=C[C@@H](CC2)[C@H]31. The molecule has 0 amide bonds. The molecule has 4 aromatic rings. The molecule has 9 rings (SSSR count). The topological polar surface area (TPSA) is 176 Å². The number of allylic oxidation sites excluding steroid dienone is 1. The summed E-state index contributed by atoms with van der Waals surface area (Å²) < 4.78 is 25.0. The summed E-state index contributed by atoms with van der Waals surface area (Å²) in [6.07, 6.45) is 7.33. The van der Waals surface area contributed by atoms with Gasteiger partial charge in [-0.2, -0.15) is 0 Å². The second kappa shape index (κ2) is 10.3. The highest BCUT2D eigenvalue weighted by Crippen LogP contribution is 2.58. The van der Waals surface area contributed by atoms with Crippen LogP contribution in [-0.4, -0.2) is 44.5 Å². The molecule has 47 heavy (non-hydrogen) atoms. The van der Waals surface area contributed by atoms with E-state index >= 15 is 0 Å². The number of phenols is 1. The van der Waals surface area contributed by atoms with Crippen LogP contribution in [0.5, 0.6) is 11.5 Å². The van der Waals surface area contributed by atoms with E-state index in [1.165, 1.54) is 6.07 Å². The van der Waals surface area contributed by atoms with Crippen LogP contribution >= 0.6 is 0 Å². The van der Waals surface area contributed by atoms with Gasteiger partial charge in [0.25, 0.3) is 0 Å². The number of epoxide rings is 1. The lowest BCUT2D eigenvalue weighted by atomic mass is 9.69. The number of rotatable bonds is 4. The Balaban J connectivity index is 1.11. The number of nitrogens with two attached hydrogens (primary N) is 2. The number of ether oxygens (including phenoxy) is 3. The Kier molecular flexibility index (Phi) is 6.47. The number of benzene rings is 1. The summed E-state index contributed by atoms with van der Waals surface area (Å²) in [6.45, 7) is 5.44. The molecule has 1 spiro atoms. The summed E-state index contributed by atoms with van der Waals surface area (Å²) in [5.74, 6) is 0.313. The van der Waals surface area contributed by atoms with Crippen molar-refractivity contribution in [1.29, 1.82) is 0 Å². The van der Waals surface area contributed by atoms with Gasteiger partial charge in [0.2, 0.25) is 0 Å². The van der Waals surface area contributed by atoms with E-state index < -0.39 is 29.2 Å². The highest BCUT2D eigenvalue weighted by atomic mass is 16.7. The molecule has 3 aromatic heterocycles. The molecule has 2 bridgehead atoms. The van der Waals surface area contributed by atoms with Gasteiger partial charge in [-0.15, -0.1) is 0 Å². The number of carbonyl (C=O) groups is 1. The molecular weight excluding hydrogens is 600 g/mol. The maximum atomic E-state index is 14.3. The summed E-state index contributed by atoms with van der Waals surface area (Å²) in [5, 5.41) is 11.7. The standard InChI is InChI=1S/C36H36N4O7/c1-17-12-23(41)30-24(44-17)16-25-31(32(30)42)29-19-5-7-21(8-6-19)36(34(43)45-33(29)35(2,3)46-25)26(47-36)9-4-18-13-22(40-28(38)14-18)20-10-11-39-27(37)15-20/h5,7,10-16,19,21,26,29,33,42H,4,6,8-9H2,1-3H3,(H2,37,39)(H2,38,40)/t19-,21+,26+,29+,33+,36+/m0/s1. The average Bonchev–Trinajstić information content (AvgIpc) is 3.74. The van der Waals surface area contributed by atoms with E-state index in [1.54, 1.807) is 25.3 Å². The average molecular weight is 637 g/mol. The Bertz CT molecular complexity index is 2060. The molecule has 11 heteroatoms. The number of hydrogen-bond acceptors (Lipinski definition) is 11. The normalized spacial score (nSPS) is 28.5. The molecule has 1 aromatic carbocycles. The van der Waals surface area contributed by atoms with Crippen LogP contribution in [0.2, 0.25) is 0 Å². The third kappa shape index (κ3) is 4.66. The molecule has 0 saturated carbocycles. The zero-order valence-electron chi connectivity index (χ0n) is 26.4. The smallest absolute Gasteiger partial charge is 0.342 e. The van der Waals surface area contributed by atoms with Crippen molar-refractivity contribution in [2.75, 3.05) is 11.5 Å². The van der Waals surface area contributed by atoms with Gasteiger partial charge in [-0.05, 0) is 82.2 Å². The maximum absolute atomic E-state index is 14.3. The van der Waals surface area contributed by atoms with Crippen LogP contribution in [0.4, 0.5) is 11.6 Å². The van der Waals surface area contributed by atoms with E-state index in [9.17, 15) is 14.7 Å². The van der Waals surface area contributed by atoms with E-state index in [1.807, 2.05) is 32.0 Å². The monoisotopic (exact) mass is 636 g/mol. The Labute approximate surface area is 270 Å². The number of nitrogen functional groups attached to an aromatic ring is 2. The minimum Gasteiger partial charge on any atom is -0.507 e. The predicted molar refractivity (Wildman–Crippen MR) is 174 cm³/mol. The fourth-order valence-electron chi connectivity index (χ4n) is 8.05. The number of carbonyl (C=O) groups excluding carboxylic acids is 1. The van der Waals surface area contributed by atoms with Crippen molar-refractivity contribution in [3.8, 4) is 22.8 Å². The van der Waals surface area contributed by atoms with Gasteiger partial charge in [0.05, 0.1) is 11.8 Å². The van der Waals surface area contributed by atoms with Crippen molar-refractivity contribution in [1.82, 2.24) is 9.97 Å². The van der Waals surface area contributed by atoms with Gasteiger partial charge in [-0.25, -0.2) is 14.8 Å². The number of pyridine rings is 2.